The van der Waals surface area contributed by atoms with Crippen molar-refractivity contribution >= 4 is 11.9 Å². The van der Waals surface area contributed by atoms with Crippen molar-refractivity contribution in [2.45, 2.75) is 18.5 Å². The lowest BCUT2D eigenvalue weighted by atomic mass is 9.94. The summed E-state index contributed by atoms with van der Waals surface area (Å²) in [5, 5.41) is 20.9. The number of hydrogen-bond donors (Lipinski definition) is 3. The molecule has 1 aromatic rings. The van der Waals surface area contributed by atoms with Gasteiger partial charge in [0.25, 0.3) is 0 Å². The van der Waals surface area contributed by atoms with Gasteiger partial charge in [-0.15, -0.1) is 0 Å². The van der Waals surface area contributed by atoms with Gasteiger partial charge in [-0.3, -0.25) is 14.9 Å². The first-order valence-electron chi connectivity index (χ1n) is 5.36. The van der Waals surface area contributed by atoms with Crippen molar-refractivity contribution in [2.75, 3.05) is 0 Å². The van der Waals surface area contributed by atoms with Gasteiger partial charge in [-0.1, -0.05) is 30.3 Å². The molecule has 3 atom stereocenters. The molecule has 1 saturated heterocycles. The van der Waals surface area contributed by atoms with Crippen molar-refractivity contribution in [3.8, 4) is 0 Å². The number of benzene rings is 1. The lowest BCUT2D eigenvalue weighted by Crippen LogP contribution is -2.32. The fourth-order valence-electron chi connectivity index (χ4n) is 2.20. The Bertz CT molecular complexity index is 431. The Morgan fingerprint density at radius 2 is 1.76 bits per heavy atom. The van der Waals surface area contributed by atoms with Gasteiger partial charge in [0.15, 0.2) is 0 Å². The first kappa shape index (κ1) is 11.6. The van der Waals surface area contributed by atoms with Crippen LogP contribution >= 0.6 is 0 Å². The maximum atomic E-state index is 11.1. The molecule has 1 heterocycles. The van der Waals surface area contributed by atoms with Crippen molar-refractivity contribution in [3.63, 3.8) is 0 Å². The first-order chi connectivity index (χ1) is 8.09. The summed E-state index contributed by atoms with van der Waals surface area (Å²) < 4.78 is 0. The van der Waals surface area contributed by atoms with Crippen LogP contribution in [-0.4, -0.2) is 28.2 Å². The number of carboxylic acid groups (broad SMARTS) is 2. The Morgan fingerprint density at radius 1 is 1.12 bits per heavy atom. The number of rotatable bonds is 3. The zero-order chi connectivity index (χ0) is 12.4. The summed E-state index contributed by atoms with van der Waals surface area (Å²) in [4.78, 5) is 22.0. The number of carboxylic acids is 2. The highest BCUT2D eigenvalue weighted by Crippen LogP contribution is 2.32. The highest BCUT2D eigenvalue weighted by Gasteiger charge is 2.41. The summed E-state index contributed by atoms with van der Waals surface area (Å²) in [6, 6.07) is 7.84. The van der Waals surface area contributed by atoms with E-state index in [4.69, 9.17) is 10.2 Å². The van der Waals surface area contributed by atoms with Crippen LogP contribution in [0.25, 0.3) is 0 Å². The first-order valence-corrected chi connectivity index (χ1v) is 5.36. The molecule has 90 valence electrons. The van der Waals surface area contributed by atoms with E-state index in [1.54, 1.807) is 12.1 Å². The van der Waals surface area contributed by atoms with Gasteiger partial charge in [0, 0.05) is 6.04 Å². The van der Waals surface area contributed by atoms with Crippen molar-refractivity contribution in [1.82, 2.24) is 5.32 Å². The molecule has 0 radical (unpaired) electrons. The molecule has 0 saturated carbocycles. The van der Waals surface area contributed by atoms with Crippen LogP contribution in [0.1, 0.15) is 18.0 Å². The van der Waals surface area contributed by atoms with E-state index < -0.39 is 29.9 Å². The SMILES string of the molecule is O=C(O)[C@@H]1C[C@H](C(=O)O)[C@H](c2ccccc2)N1. The van der Waals surface area contributed by atoms with E-state index in [1.165, 1.54) is 0 Å². The Morgan fingerprint density at radius 3 is 2.29 bits per heavy atom. The van der Waals surface area contributed by atoms with Gasteiger partial charge < -0.3 is 10.2 Å². The molecule has 2 rings (SSSR count). The quantitative estimate of drug-likeness (QED) is 0.723. The maximum Gasteiger partial charge on any atom is 0.320 e. The van der Waals surface area contributed by atoms with E-state index >= 15 is 0 Å². The largest absolute Gasteiger partial charge is 0.481 e. The monoisotopic (exact) mass is 235 g/mol. The second-order valence-corrected chi connectivity index (χ2v) is 4.13. The van der Waals surface area contributed by atoms with Crippen molar-refractivity contribution < 1.29 is 19.8 Å². The van der Waals surface area contributed by atoms with Crippen LogP contribution in [0.4, 0.5) is 0 Å². The molecule has 3 N–H and O–H groups in total. The standard InChI is InChI=1S/C12H13NO4/c14-11(15)8-6-9(12(16)17)13-10(8)7-4-2-1-3-5-7/h1-5,8-10,13H,6H2,(H,14,15)(H,16,17)/t8-,9-,10-/m0/s1. The second kappa shape index (κ2) is 4.55. The Labute approximate surface area is 98.1 Å². The molecule has 1 aliphatic heterocycles. The third kappa shape index (κ3) is 2.29. The second-order valence-electron chi connectivity index (χ2n) is 4.13. The van der Waals surface area contributed by atoms with Crippen LogP contribution in [-0.2, 0) is 9.59 Å². The minimum atomic E-state index is -1.00. The molecule has 1 aliphatic rings. The molecule has 0 spiro atoms. The number of carbonyl (C=O) groups is 2. The van der Waals surface area contributed by atoms with Gasteiger partial charge in [-0.2, -0.15) is 0 Å². The highest BCUT2D eigenvalue weighted by atomic mass is 16.4. The van der Waals surface area contributed by atoms with E-state index in [-0.39, 0.29) is 6.42 Å². The predicted octanol–water partition coefficient (Wildman–Crippen LogP) is 0.875. The summed E-state index contributed by atoms with van der Waals surface area (Å²) in [5.74, 6) is -2.66. The van der Waals surface area contributed by atoms with Crippen molar-refractivity contribution in [2.24, 2.45) is 5.92 Å². The van der Waals surface area contributed by atoms with Gasteiger partial charge in [0.05, 0.1) is 5.92 Å². The van der Waals surface area contributed by atoms with Crippen LogP contribution in [0.15, 0.2) is 30.3 Å². The third-order valence-electron chi connectivity index (χ3n) is 3.05. The van der Waals surface area contributed by atoms with E-state index in [1.807, 2.05) is 18.2 Å². The van der Waals surface area contributed by atoms with E-state index in [2.05, 4.69) is 5.32 Å². The van der Waals surface area contributed by atoms with E-state index in [0.29, 0.717) is 0 Å². The molecule has 5 heteroatoms. The smallest absolute Gasteiger partial charge is 0.320 e. The minimum absolute atomic E-state index is 0.115. The van der Waals surface area contributed by atoms with Crippen LogP contribution in [0.5, 0.6) is 0 Å². The van der Waals surface area contributed by atoms with Crippen LogP contribution < -0.4 is 5.32 Å². The normalized spacial score (nSPS) is 27.9. The molecule has 5 nitrogen and oxygen atoms in total. The average Bonchev–Trinajstić information content (AvgIpc) is 2.75. The fraction of sp³-hybridized carbons (Fsp3) is 0.333. The van der Waals surface area contributed by atoms with Crippen LogP contribution in [0, 0.1) is 5.92 Å². The number of nitrogens with one attached hydrogen (secondary N) is 1. The summed E-state index contributed by atoms with van der Waals surface area (Å²) in [6.07, 6.45) is 0.115. The van der Waals surface area contributed by atoms with Crippen molar-refractivity contribution in [1.29, 1.82) is 0 Å². The molecule has 1 fully saturated rings. The Balaban J connectivity index is 2.26. The summed E-state index contributed by atoms with van der Waals surface area (Å²) >= 11 is 0. The minimum Gasteiger partial charge on any atom is -0.481 e. The summed E-state index contributed by atoms with van der Waals surface area (Å²) in [7, 11) is 0. The summed E-state index contributed by atoms with van der Waals surface area (Å²) in [6.45, 7) is 0. The molecule has 0 aliphatic carbocycles. The molecule has 17 heavy (non-hydrogen) atoms. The lowest BCUT2D eigenvalue weighted by molar-refractivity contribution is -0.142. The number of hydrogen-bond acceptors (Lipinski definition) is 3. The Hall–Kier alpha value is -1.88. The third-order valence-corrected chi connectivity index (χ3v) is 3.05. The zero-order valence-corrected chi connectivity index (χ0v) is 9.04. The van der Waals surface area contributed by atoms with Gasteiger partial charge in [0.1, 0.15) is 6.04 Å². The molecular formula is C12H13NO4. The lowest BCUT2D eigenvalue weighted by Gasteiger charge is -2.16. The van der Waals surface area contributed by atoms with Crippen molar-refractivity contribution in [3.05, 3.63) is 35.9 Å². The van der Waals surface area contributed by atoms with E-state index in [9.17, 15) is 9.59 Å². The predicted molar refractivity (Wildman–Crippen MR) is 59.5 cm³/mol. The van der Waals surface area contributed by atoms with Gasteiger partial charge in [-0.05, 0) is 12.0 Å². The Kier molecular flexibility index (Phi) is 3.10. The fourth-order valence-corrected chi connectivity index (χ4v) is 2.20. The number of aliphatic carboxylic acids is 2. The molecule has 1 aromatic carbocycles. The molecule has 0 bridgehead atoms. The topological polar surface area (TPSA) is 86.6 Å². The van der Waals surface area contributed by atoms with Gasteiger partial charge in [-0.25, -0.2) is 0 Å². The molecule has 0 amide bonds. The maximum absolute atomic E-state index is 11.1. The molecule has 0 unspecified atom stereocenters. The van der Waals surface area contributed by atoms with Gasteiger partial charge in [0.2, 0.25) is 0 Å². The van der Waals surface area contributed by atoms with Crippen LogP contribution in [0.3, 0.4) is 0 Å². The highest BCUT2D eigenvalue weighted by molar-refractivity contribution is 5.78. The van der Waals surface area contributed by atoms with Crippen LogP contribution in [0.2, 0.25) is 0 Å². The zero-order valence-electron chi connectivity index (χ0n) is 9.04. The van der Waals surface area contributed by atoms with Gasteiger partial charge >= 0.3 is 11.9 Å². The molecular weight excluding hydrogens is 222 g/mol. The average molecular weight is 235 g/mol. The molecule has 0 aromatic heterocycles. The summed E-state index contributed by atoms with van der Waals surface area (Å²) in [5.41, 5.74) is 0.809. The van der Waals surface area contributed by atoms with E-state index in [0.717, 1.165) is 5.56 Å².